The molecule has 3 N–H and O–H groups in total. The molecule has 3 amide bonds. The van der Waals surface area contributed by atoms with Crippen LogP contribution in [0.4, 0.5) is 13.2 Å². The van der Waals surface area contributed by atoms with Crippen LogP contribution in [0.15, 0.2) is 24.3 Å². The predicted octanol–water partition coefficient (Wildman–Crippen LogP) is 1.01. The Bertz CT molecular complexity index is 735. The van der Waals surface area contributed by atoms with E-state index in [0.717, 1.165) is 30.7 Å². The van der Waals surface area contributed by atoms with Crippen LogP contribution in [0.1, 0.15) is 36.2 Å². The molecule has 1 atom stereocenters. The summed E-state index contributed by atoms with van der Waals surface area (Å²) in [6.45, 7) is 2.57. The number of carbonyl (C=O) groups is 4. The summed E-state index contributed by atoms with van der Waals surface area (Å²) < 4.78 is 42.1. The van der Waals surface area contributed by atoms with Crippen LogP contribution in [0.5, 0.6) is 0 Å². The van der Waals surface area contributed by atoms with Crippen molar-refractivity contribution in [3.63, 3.8) is 0 Å². The zero-order valence-corrected chi connectivity index (χ0v) is 15.9. The largest absolute Gasteiger partial charge is 0.454 e. The average molecular weight is 417 g/mol. The normalized spacial score (nSPS) is 11.9. The minimum absolute atomic E-state index is 0.0736. The van der Waals surface area contributed by atoms with Crippen LogP contribution in [-0.4, -0.2) is 49.4 Å². The Labute approximate surface area is 165 Å². The monoisotopic (exact) mass is 417 g/mol. The number of amides is 3. The molecular weight excluding hydrogens is 395 g/mol. The van der Waals surface area contributed by atoms with Gasteiger partial charge in [-0.3, -0.25) is 19.2 Å². The van der Waals surface area contributed by atoms with Gasteiger partial charge in [-0.1, -0.05) is 6.92 Å². The molecule has 0 heterocycles. The number of ether oxygens (including phenoxy) is 1. The van der Waals surface area contributed by atoms with E-state index < -0.39 is 48.7 Å². The van der Waals surface area contributed by atoms with Crippen molar-refractivity contribution >= 4 is 23.7 Å². The Hall–Kier alpha value is -3.11. The van der Waals surface area contributed by atoms with E-state index >= 15 is 0 Å². The fraction of sp³-hybridized carbons (Fsp3) is 0.444. The van der Waals surface area contributed by atoms with Gasteiger partial charge >= 0.3 is 12.1 Å². The molecule has 0 aliphatic carbocycles. The third kappa shape index (κ3) is 8.62. The van der Waals surface area contributed by atoms with Gasteiger partial charge in [0.2, 0.25) is 5.91 Å². The van der Waals surface area contributed by atoms with Gasteiger partial charge in [-0.2, -0.15) is 13.2 Å². The molecule has 0 spiro atoms. The van der Waals surface area contributed by atoms with Gasteiger partial charge in [0.05, 0.1) is 5.56 Å². The molecule has 0 aliphatic rings. The molecule has 29 heavy (non-hydrogen) atoms. The van der Waals surface area contributed by atoms with Gasteiger partial charge < -0.3 is 20.7 Å². The summed E-state index contributed by atoms with van der Waals surface area (Å²) in [5.74, 6) is -2.79. The van der Waals surface area contributed by atoms with Crippen molar-refractivity contribution in [1.29, 1.82) is 0 Å². The van der Waals surface area contributed by atoms with Crippen molar-refractivity contribution < 1.29 is 37.1 Å². The Morgan fingerprint density at radius 1 is 1.07 bits per heavy atom. The van der Waals surface area contributed by atoms with Gasteiger partial charge in [-0.05, 0) is 37.6 Å². The lowest BCUT2D eigenvalue weighted by Gasteiger charge is -2.14. The van der Waals surface area contributed by atoms with Gasteiger partial charge in [-0.15, -0.1) is 0 Å². The third-order valence-corrected chi connectivity index (χ3v) is 3.55. The number of esters is 1. The quantitative estimate of drug-likeness (QED) is 0.519. The first-order chi connectivity index (χ1) is 13.5. The van der Waals surface area contributed by atoms with E-state index in [1.54, 1.807) is 0 Å². The topological polar surface area (TPSA) is 114 Å². The number of halogens is 3. The van der Waals surface area contributed by atoms with Crippen LogP contribution in [0.2, 0.25) is 0 Å². The van der Waals surface area contributed by atoms with E-state index in [1.165, 1.54) is 6.92 Å². The maximum atomic E-state index is 12.5. The molecule has 1 rings (SSSR count). The lowest BCUT2D eigenvalue weighted by atomic mass is 10.1. The highest BCUT2D eigenvalue weighted by atomic mass is 19.4. The molecule has 8 nitrogen and oxygen atoms in total. The Morgan fingerprint density at radius 3 is 2.24 bits per heavy atom. The summed E-state index contributed by atoms with van der Waals surface area (Å²) in [4.78, 5) is 46.7. The fourth-order valence-corrected chi connectivity index (χ4v) is 2.01. The predicted molar refractivity (Wildman–Crippen MR) is 95.6 cm³/mol. The number of carbonyl (C=O) groups excluding carboxylic acids is 4. The first-order valence-corrected chi connectivity index (χ1v) is 8.72. The lowest BCUT2D eigenvalue weighted by molar-refractivity contribution is -0.147. The first-order valence-electron chi connectivity index (χ1n) is 8.72. The number of nitrogens with one attached hydrogen (secondary N) is 3. The highest BCUT2D eigenvalue weighted by Crippen LogP contribution is 2.28. The van der Waals surface area contributed by atoms with E-state index in [9.17, 15) is 32.3 Å². The van der Waals surface area contributed by atoms with Crippen molar-refractivity contribution in [2.45, 2.75) is 32.5 Å². The smallest absolute Gasteiger partial charge is 0.416 e. The molecular formula is C18H22F3N3O5. The standard InChI is InChI=1S/C18H22F3N3O5/c1-3-8-22-16(27)11(2)24-14(25)10-29-15(26)9-23-17(28)12-4-6-13(7-5-12)18(19,20)21/h4-7,11H,3,8-10H2,1-2H3,(H,22,27)(H,23,28)(H,24,25)/t11-/m0/s1. The minimum Gasteiger partial charge on any atom is -0.454 e. The maximum Gasteiger partial charge on any atom is 0.416 e. The Morgan fingerprint density at radius 2 is 1.69 bits per heavy atom. The van der Waals surface area contributed by atoms with Gasteiger partial charge in [0.15, 0.2) is 6.61 Å². The molecule has 0 unspecified atom stereocenters. The van der Waals surface area contributed by atoms with E-state index in [2.05, 4.69) is 20.7 Å². The van der Waals surface area contributed by atoms with Crippen LogP contribution in [-0.2, 0) is 25.3 Å². The number of hydrogen-bond acceptors (Lipinski definition) is 5. The molecule has 1 aromatic carbocycles. The molecule has 0 radical (unpaired) electrons. The zero-order valence-electron chi connectivity index (χ0n) is 15.9. The Kier molecular flexibility index (Phi) is 9.10. The number of rotatable bonds is 9. The lowest BCUT2D eigenvalue weighted by Crippen LogP contribution is -2.46. The third-order valence-electron chi connectivity index (χ3n) is 3.55. The minimum atomic E-state index is -4.52. The molecule has 11 heteroatoms. The van der Waals surface area contributed by atoms with Crippen LogP contribution < -0.4 is 16.0 Å². The number of hydrogen-bond donors (Lipinski definition) is 3. The summed E-state index contributed by atoms with van der Waals surface area (Å²) in [5.41, 5.74) is -0.979. The van der Waals surface area contributed by atoms with E-state index in [1.807, 2.05) is 6.92 Å². The molecule has 0 bridgehead atoms. The summed E-state index contributed by atoms with van der Waals surface area (Å²) in [6.07, 6.45) is -3.78. The number of benzene rings is 1. The van der Waals surface area contributed by atoms with Gasteiger partial charge in [-0.25, -0.2) is 0 Å². The molecule has 160 valence electrons. The zero-order chi connectivity index (χ0) is 22.0. The van der Waals surface area contributed by atoms with E-state index in [4.69, 9.17) is 0 Å². The highest BCUT2D eigenvalue weighted by Gasteiger charge is 2.30. The van der Waals surface area contributed by atoms with Crippen LogP contribution in [0.3, 0.4) is 0 Å². The summed E-state index contributed by atoms with van der Waals surface area (Å²) >= 11 is 0. The summed E-state index contributed by atoms with van der Waals surface area (Å²) in [7, 11) is 0. The molecule has 0 saturated heterocycles. The van der Waals surface area contributed by atoms with Crippen molar-refractivity contribution in [1.82, 2.24) is 16.0 Å². The second-order valence-corrected chi connectivity index (χ2v) is 6.00. The number of alkyl halides is 3. The molecule has 0 aliphatic heterocycles. The highest BCUT2D eigenvalue weighted by molar-refractivity contribution is 5.96. The van der Waals surface area contributed by atoms with Crippen molar-refractivity contribution in [3.8, 4) is 0 Å². The van der Waals surface area contributed by atoms with E-state index in [0.29, 0.717) is 6.54 Å². The van der Waals surface area contributed by atoms with Crippen molar-refractivity contribution in [2.24, 2.45) is 0 Å². The van der Waals surface area contributed by atoms with Crippen molar-refractivity contribution in [3.05, 3.63) is 35.4 Å². The maximum absolute atomic E-state index is 12.5. The molecule has 1 aromatic rings. The second kappa shape index (κ2) is 11.0. The summed E-state index contributed by atoms with van der Waals surface area (Å²) in [6, 6.07) is 2.63. The first kappa shape index (κ1) is 23.9. The van der Waals surface area contributed by atoms with Gasteiger partial charge in [0.25, 0.3) is 11.8 Å². The van der Waals surface area contributed by atoms with Gasteiger partial charge in [0.1, 0.15) is 12.6 Å². The SMILES string of the molecule is CCCNC(=O)[C@H](C)NC(=O)COC(=O)CNC(=O)c1ccc(C(F)(F)F)cc1. The van der Waals surface area contributed by atoms with E-state index in [-0.39, 0.29) is 11.5 Å². The van der Waals surface area contributed by atoms with Crippen molar-refractivity contribution in [2.75, 3.05) is 19.7 Å². The molecule has 0 saturated carbocycles. The second-order valence-electron chi connectivity index (χ2n) is 6.00. The van der Waals surface area contributed by atoms with Crippen LogP contribution in [0.25, 0.3) is 0 Å². The summed E-state index contributed by atoms with van der Waals surface area (Å²) in [5, 5.41) is 7.11. The fourth-order valence-electron chi connectivity index (χ4n) is 2.01. The Balaban J connectivity index is 2.37. The molecule has 0 fully saturated rings. The van der Waals surface area contributed by atoms with Gasteiger partial charge in [0, 0.05) is 12.1 Å². The average Bonchev–Trinajstić information content (AvgIpc) is 2.67. The van der Waals surface area contributed by atoms with Crippen LogP contribution >= 0.6 is 0 Å². The van der Waals surface area contributed by atoms with Crippen LogP contribution in [0, 0.1) is 0 Å². The molecule has 0 aromatic heterocycles.